The third-order valence-corrected chi connectivity index (χ3v) is 6.22. The van der Waals surface area contributed by atoms with Crippen LogP contribution in [0.4, 0.5) is 5.69 Å². The van der Waals surface area contributed by atoms with Crippen molar-refractivity contribution < 1.29 is 4.79 Å². The number of carbonyl (C=O) groups is 1. The zero-order chi connectivity index (χ0) is 20.5. The lowest BCUT2D eigenvalue weighted by atomic mass is 10.0. The third kappa shape index (κ3) is 3.46. The van der Waals surface area contributed by atoms with Gasteiger partial charge in [0, 0.05) is 22.5 Å². The number of piperidine rings is 1. The highest BCUT2D eigenvalue weighted by molar-refractivity contribution is 6.13. The number of hydrogen-bond donors (Lipinski definition) is 1. The van der Waals surface area contributed by atoms with E-state index >= 15 is 0 Å². The molecule has 30 heavy (non-hydrogen) atoms. The van der Waals surface area contributed by atoms with Gasteiger partial charge in [0.1, 0.15) is 0 Å². The average molecular weight is 399 g/mol. The fourth-order valence-corrected chi connectivity index (χ4v) is 4.52. The molecule has 1 aliphatic heterocycles. The summed E-state index contributed by atoms with van der Waals surface area (Å²) >= 11 is 0. The van der Waals surface area contributed by atoms with Gasteiger partial charge in [-0.15, -0.1) is 0 Å². The Morgan fingerprint density at radius 2 is 1.77 bits per heavy atom. The van der Waals surface area contributed by atoms with Crippen LogP contribution < -0.4 is 5.32 Å². The van der Waals surface area contributed by atoms with Crippen molar-refractivity contribution in [3.05, 3.63) is 72.4 Å². The lowest BCUT2D eigenvalue weighted by Crippen LogP contribution is -2.39. The summed E-state index contributed by atoms with van der Waals surface area (Å²) in [5, 5.41) is 10.9. The number of rotatable bonds is 4. The van der Waals surface area contributed by atoms with E-state index in [-0.39, 0.29) is 5.91 Å². The van der Waals surface area contributed by atoms with Gasteiger partial charge in [-0.2, -0.15) is 5.10 Å². The van der Waals surface area contributed by atoms with Crippen LogP contribution in [0.25, 0.3) is 21.7 Å². The largest absolute Gasteiger partial charge is 0.320 e. The van der Waals surface area contributed by atoms with Gasteiger partial charge in [-0.1, -0.05) is 61.0 Å². The summed E-state index contributed by atoms with van der Waals surface area (Å²) in [6, 6.07) is 22.5. The minimum atomic E-state index is -0.168. The van der Waals surface area contributed by atoms with Crippen LogP contribution in [0.3, 0.4) is 0 Å². The first-order valence-electron chi connectivity index (χ1n) is 10.7. The molecular formula is C25H26N4O. The highest BCUT2D eigenvalue weighted by Gasteiger charge is 2.23. The summed E-state index contributed by atoms with van der Waals surface area (Å²) < 4.78 is 2.01. The number of para-hydroxylation sites is 1. The van der Waals surface area contributed by atoms with Crippen molar-refractivity contribution in [1.29, 1.82) is 0 Å². The molecule has 1 saturated heterocycles. The Labute approximate surface area is 176 Å². The zero-order valence-corrected chi connectivity index (χ0v) is 17.2. The number of likely N-dealkylation sites (tertiary alicyclic amines) is 1. The van der Waals surface area contributed by atoms with Crippen molar-refractivity contribution in [3.8, 4) is 0 Å². The fourth-order valence-electron chi connectivity index (χ4n) is 4.52. The van der Waals surface area contributed by atoms with Crippen molar-refractivity contribution in [2.45, 2.75) is 31.8 Å². The monoisotopic (exact) mass is 398 g/mol. The van der Waals surface area contributed by atoms with Crippen molar-refractivity contribution in [1.82, 2.24) is 14.7 Å². The molecule has 5 heteroatoms. The Morgan fingerprint density at radius 1 is 1.00 bits per heavy atom. The third-order valence-electron chi connectivity index (χ3n) is 6.22. The second kappa shape index (κ2) is 7.92. The Balaban J connectivity index is 1.48. The molecule has 2 heterocycles. The molecule has 0 saturated carbocycles. The fraction of sp³-hybridized carbons (Fsp3) is 0.280. The molecule has 1 aliphatic rings. The van der Waals surface area contributed by atoms with Gasteiger partial charge in [0.2, 0.25) is 0 Å². The molecule has 1 unspecified atom stereocenters. The molecule has 5 nitrogen and oxygen atoms in total. The predicted octanol–water partition coefficient (Wildman–Crippen LogP) is 4.93. The first kappa shape index (κ1) is 18.8. The molecule has 3 aromatic carbocycles. The van der Waals surface area contributed by atoms with Crippen LogP contribution >= 0.6 is 0 Å². The van der Waals surface area contributed by atoms with Crippen LogP contribution in [0.5, 0.6) is 0 Å². The molecule has 1 fully saturated rings. The molecule has 1 aromatic heterocycles. The van der Waals surface area contributed by atoms with Crippen molar-refractivity contribution >= 4 is 33.3 Å². The highest BCUT2D eigenvalue weighted by Crippen LogP contribution is 2.26. The maximum absolute atomic E-state index is 13.2. The molecular weight excluding hydrogens is 372 g/mol. The Morgan fingerprint density at radius 3 is 2.63 bits per heavy atom. The maximum Gasteiger partial charge on any atom is 0.276 e. The average Bonchev–Trinajstić information content (AvgIpc) is 3.14. The molecule has 0 radical (unpaired) electrons. The van der Waals surface area contributed by atoms with E-state index in [0.29, 0.717) is 11.7 Å². The number of hydrogen-bond acceptors (Lipinski definition) is 3. The maximum atomic E-state index is 13.2. The van der Waals surface area contributed by atoms with E-state index in [4.69, 9.17) is 5.10 Å². The second-order valence-corrected chi connectivity index (χ2v) is 8.16. The lowest BCUT2D eigenvalue weighted by Gasteiger charge is -2.32. The number of anilines is 1. The number of fused-ring (bicyclic) bond motifs is 2. The van der Waals surface area contributed by atoms with Gasteiger partial charge in [0.25, 0.3) is 5.91 Å². The van der Waals surface area contributed by atoms with E-state index in [0.717, 1.165) is 40.5 Å². The van der Waals surface area contributed by atoms with Crippen LogP contribution in [0.2, 0.25) is 0 Å². The Hall–Kier alpha value is -3.18. The summed E-state index contributed by atoms with van der Waals surface area (Å²) in [5.74, 6) is -0.168. The minimum absolute atomic E-state index is 0.168. The van der Waals surface area contributed by atoms with Crippen LogP contribution in [0, 0.1) is 0 Å². The Bertz CT molecular complexity index is 1210. The number of carbonyl (C=O) groups excluding carboxylic acids is 1. The van der Waals surface area contributed by atoms with E-state index in [9.17, 15) is 4.79 Å². The van der Waals surface area contributed by atoms with Gasteiger partial charge in [-0.05, 0) is 44.0 Å². The number of benzene rings is 3. The van der Waals surface area contributed by atoms with Gasteiger partial charge >= 0.3 is 0 Å². The van der Waals surface area contributed by atoms with Gasteiger partial charge in [-0.3, -0.25) is 9.48 Å². The lowest BCUT2D eigenvalue weighted by molar-refractivity contribution is 0.102. The molecule has 0 aliphatic carbocycles. The molecule has 4 aromatic rings. The molecule has 0 bridgehead atoms. The van der Waals surface area contributed by atoms with Gasteiger partial charge in [0.15, 0.2) is 5.69 Å². The normalized spacial score (nSPS) is 17.4. The molecule has 0 spiro atoms. The summed E-state index contributed by atoms with van der Waals surface area (Å²) in [6.45, 7) is 1.93. The van der Waals surface area contributed by atoms with Crippen molar-refractivity contribution in [2.75, 3.05) is 18.9 Å². The molecule has 5 rings (SSSR count). The van der Waals surface area contributed by atoms with E-state index in [1.165, 1.54) is 19.3 Å². The number of nitrogens with one attached hydrogen (secondary N) is 1. The molecule has 152 valence electrons. The molecule has 1 atom stereocenters. The smallest absolute Gasteiger partial charge is 0.276 e. The number of amides is 1. The summed E-state index contributed by atoms with van der Waals surface area (Å²) in [6.07, 6.45) is 3.68. The van der Waals surface area contributed by atoms with Crippen molar-refractivity contribution in [2.24, 2.45) is 0 Å². The topological polar surface area (TPSA) is 50.2 Å². The highest BCUT2D eigenvalue weighted by atomic mass is 16.2. The van der Waals surface area contributed by atoms with E-state index in [2.05, 4.69) is 35.5 Å². The van der Waals surface area contributed by atoms with Gasteiger partial charge in [0.05, 0.1) is 12.1 Å². The van der Waals surface area contributed by atoms with Crippen LogP contribution in [-0.4, -0.2) is 40.2 Å². The van der Waals surface area contributed by atoms with Crippen LogP contribution in [0.15, 0.2) is 66.7 Å². The van der Waals surface area contributed by atoms with Crippen LogP contribution in [-0.2, 0) is 6.54 Å². The van der Waals surface area contributed by atoms with E-state index in [1.807, 2.05) is 53.2 Å². The standard InChI is InChI=1S/C25H26N4O/c1-28-16-7-6-11-19(28)17-29-23-15-5-4-13-21(23)24(27-29)25(30)26-22-14-8-10-18-9-2-3-12-20(18)22/h2-5,8-10,12-15,19H,6-7,11,16-17H2,1H3,(H,26,30). The number of nitrogens with zero attached hydrogens (tertiary/aromatic N) is 3. The number of likely N-dealkylation sites (N-methyl/N-ethyl adjacent to an activating group) is 1. The molecule has 1 amide bonds. The zero-order valence-electron chi connectivity index (χ0n) is 17.2. The summed E-state index contributed by atoms with van der Waals surface area (Å²) in [4.78, 5) is 15.7. The quantitative estimate of drug-likeness (QED) is 0.530. The van der Waals surface area contributed by atoms with Crippen LogP contribution in [0.1, 0.15) is 29.8 Å². The second-order valence-electron chi connectivity index (χ2n) is 8.16. The first-order valence-corrected chi connectivity index (χ1v) is 10.7. The first-order chi connectivity index (χ1) is 14.7. The SMILES string of the molecule is CN1CCCCC1Cn1nc(C(=O)Nc2cccc3ccccc23)c2ccccc21. The number of aromatic nitrogens is 2. The minimum Gasteiger partial charge on any atom is -0.320 e. The summed E-state index contributed by atoms with van der Waals surface area (Å²) in [5.41, 5.74) is 2.31. The van der Waals surface area contributed by atoms with E-state index < -0.39 is 0 Å². The summed E-state index contributed by atoms with van der Waals surface area (Å²) in [7, 11) is 2.18. The molecule has 1 N–H and O–H groups in total. The van der Waals surface area contributed by atoms with Gasteiger partial charge in [-0.25, -0.2) is 0 Å². The van der Waals surface area contributed by atoms with Gasteiger partial charge < -0.3 is 10.2 Å². The van der Waals surface area contributed by atoms with E-state index in [1.54, 1.807) is 0 Å². The predicted molar refractivity (Wildman–Crippen MR) is 122 cm³/mol. The Kier molecular flexibility index (Phi) is 4.97. The van der Waals surface area contributed by atoms with Crippen molar-refractivity contribution in [3.63, 3.8) is 0 Å².